The summed E-state index contributed by atoms with van der Waals surface area (Å²) in [7, 11) is 0. The van der Waals surface area contributed by atoms with Crippen molar-refractivity contribution in [3.05, 3.63) is 53.2 Å². The molecule has 1 aromatic carbocycles. The minimum atomic E-state index is -0.688. The van der Waals surface area contributed by atoms with Gasteiger partial charge in [0.2, 0.25) is 11.8 Å². The molecule has 10 nitrogen and oxygen atoms in total. The number of rotatable bonds is 6. The molecule has 3 atom stereocenters. The minimum Gasteiger partial charge on any atom is -0.366 e. The largest absolute Gasteiger partial charge is 0.366 e. The summed E-state index contributed by atoms with van der Waals surface area (Å²) >= 11 is 0. The summed E-state index contributed by atoms with van der Waals surface area (Å²) in [6.45, 7) is 1.32. The fraction of sp³-hybridized carbons (Fsp3) is 0.348. The first-order valence-electron chi connectivity index (χ1n) is 10.8. The highest BCUT2D eigenvalue weighted by Gasteiger charge is 2.41. The number of pyridine rings is 1. The van der Waals surface area contributed by atoms with E-state index in [0.717, 1.165) is 31.5 Å². The second-order valence-electron chi connectivity index (χ2n) is 8.51. The zero-order valence-corrected chi connectivity index (χ0v) is 18.2. The average Bonchev–Trinajstić information content (AvgIpc) is 3.03. The van der Waals surface area contributed by atoms with Crippen LogP contribution in [0.3, 0.4) is 0 Å². The molecule has 2 saturated heterocycles. The Hall–Kier alpha value is -3.95. The number of primary amides is 2. The SMILES string of the molecule is CC(=O)Nc1cc(C(=O)NC2C[C@H]3CC[C@@H](C2)N3c2ccc(C(N)=O)cn2)ccc1C(N)=O. The third kappa shape index (κ3) is 4.64. The van der Waals surface area contributed by atoms with Crippen molar-refractivity contribution in [1.29, 1.82) is 0 Å². The molecular weight excluding hydrogens is 424 g/mol. The van der Waals surface area contributed by atoms with Crippen LogP contribution in [0.2, 0.25) is 0 Å². The lowest BCUT2D eigenvalue weighted by Crippen LogP contribution is -2.50. The molecule has 6 N–H and O–H groups in total. The van der Waals surface area contributed by atoms with E-state index in [2.05, 4.69) is 20.5 Å². The highest BCUT2D eigenvalue weighted by Crippen LogP contribution is 2.38. The smallest absolute Gasteiger partial charge is 0.251 e. The monoisotopic (exact) mass is 450 g/mol. The zero-order valence-electron chi connectivity index (χ0n) is 18.2. The number of carbonyl (C=O) groups is 4. The molecule has 2 aromatic rings. The van der Waals surface area contributed by atoms with Crippen molar-refractivity contribution >= 4 is 35.1 Å². The predicted octanol–water partition coefficient (Wildman–Crippen LogP) is 1.17. The Morgan fingerprint density at radius 2 is 1.64 bits per heavy atom. The van der Waals surface area contributed by atoms with Gasteiger partial charge in [-0.2, -0.15) is 0 Å². The maximum atomic E-state index is 12.9. The van der Waals surface area contributed by atoms with Crippen LogP contribution in [0.15, 0.2) is 36.5 Å². The van der Waals surface area contributed by atoms with Crippen LogP contribution in [-0.4, -0.2) is 46.7 Å². The molecule has 0 radical (unpaired) electrons. The summed E-state index contributed by atoms with van der Waals surface area (Å²) in [6.07, 6.45) is 5.01. The molecule has 172 valence electrons. The van der Waals surface area contributed by atoms with Gasteiger partial charge in [-0.05, 0) is 56.0 Å². The first kappa shape index (κ1) is 22.3. The van der Waals surface area contributed by atoms with Crippen LogP contribution in [0, 0.1) is 0 Å². The van der Waals surface area contributed by atoms with Crippen LogP contribution >= 0.6 is 0 Å². The van der Waals surface area contributed by atoms with E-state index < -0.39 is 11.8 Å². The van der Waals surface area contributed by atoms with Crippen molar-refractivity contribution in [3.63, 3.8) is 0 Å². The molecule has 0 saturated carbocycles. The average molecular weight is 450 g/mol. The van der Waals surface area contributed by atoms with Crippen molar-refractivity contribution in [3.8, 4) is 0 Å². The van der Waals surface area contributed by atoms with Gasteiger partial charge in [-0.3, -0.25) is 19.2 Å². The molecule has 0 aliphatic carbocycles. The van der Waals surface area contributed by atoms with E-state index in [1.165, 1.54) is 31.3 Å². The van der Waals surface area contributed by atoms with Crippen molar-refractivity contribution in [1.82, 2.24) is 10.3 Å². The topological polar surface area (TPSA) is 161 Å². The Labute approximate surface area is 190 Å². The van der Waals surface area contributed by atoms with Crippen molar-refractivity contribution < 1.29 is 19.2 Å². The first-order valence-corrected chi connectivity index (χ1v) is 10.8. The van der Waals surface area contributed by atoms with Gasteiger partial charge in [0.05, 0.1) is 16.8 Å². The number of benzene rings is 1. The lowest BCUT2D eigenvalue weighted by molar-refractivity contribution is -0.114. The number of hydrogen-bond donors (Lipinski definition) is 4. The number of aromatic nitrogens is 1. The van der Waals surface area contributed by atoms with Crippen molar-refractivity contribution in [2.75, 3.05) is 10.2 Å². The molecule has 1 unspecified atom stereocenters. The van der Waals surface area contributed by atoms with E-state index in [1.54, 1.807) is 6.07 Å². The maximum Gasteiger partial charge on any atom is 0.251 e. The zero-order chi connectivity index (χ0) is 23.7. The Kier molecular flexibility index (Phi) is 5.99. The Balaban J connectivity index is 1.45. The normalized spacial score (nSPS) is 21.4. The maximum absolute atomic E-state index is 12.9. The summed E-state index contributed by atoms with van der Waals surface area (Å²) in [4.78, 5) is 54.0. The molecule has 1 aromatic heterocycles. The molecule has 2 bridgehead atoms. The van der Waals surface area contributed by atoms with E-state index in [0.29, 0.717) is 11.1 Å². The van der Waals surface area contributed by atoms with E-state index >= 15 is 0 Å². The van der Waals surface area contributed by atoms with Crippen molar-refractivity contribution in [2.24, 2.45) is 11.5 Å². The molecule has 2 fully saturated rings. The van der Waals surface area contributed by atoms with Gasteiger partial charge in [-0.15, -0.1) is 0 Å². The van der Waals surface area contributed by atoms with E-state index in [1.807, 2.05) is 6.07 Å². The Morgan fingerprint density at radius 1 is 0.970 bits per heavy atom. The Bertz CT molecular complexity index is 1100. The fourth-order valence-electron chi connectivity index (χ4n) is 4.82. The molecule has 2 aliphatic heterocycles. The summed E-state index contributed by atoms with van der Waals surface area (Å²) in [5.74, 6) is -1.04. The van der Waals surface area contributed by atoms with Gasteiger partial charge < -0.3 is 27.0 Å². The molecule has 2 aliphatic rings. The summed E-state index contributed by atoms with van der Waals surface area (Å²) < 4.78 is 0. The number of amides is 4. The van der Waals surface area contributed by atoms with Gasteiger partial charge in [0.15, 0.2) is 0 Å². The minimum absolute atomic E-state index is 0.0174. The molecule has 3 heterocycles. The van der Waals surface area contributed by atoms with Gasteiger partial charge in [0.25, 0.3) is 11.8 Å². The predicted molar refractivity (Wildman–Crippen MR) is 122 cm³/mol. The highest BCUT2D eigenvalue weighted by molar-refractivity contribution is 6.05. The van der Waals surface area contributed by atoms with Crippen LogP contribution in [0.4, 0.5) is 11.5 Å². The second kappa shape index (κ2) is 8.89. The van der Waals surface area contributed by atoms with Crippen LogP contribution in [0.25, 0.3) is 0 Å². The van der Waals surface area contributed by atoms with Gasteiger partial charge in [0.1, 0.15) is 5.82 Å². The van der Waals surface area contributed by atoms with E-state index in [-0.39, 0.29) is 41.2 Å². The third-order valence-electron chi connectivity index (χ3n) is 6.22. The van der Waals surface area contributed by atoms with Crippen LogP contribution in [-0.2, 0) is 4.79 Å². The molecule has 4 amide bonds. The van der Waals surface area contributed by atoms with Crippen LogP contribution in [0.5, 0.6) is 0 Å². The fourth-order valence-corrected chi connectivity index (χ4v) is 4.82. The van der Waals surface area contributed by atoms with Crippen molar-refractivity contribution in [2.45, 2.75) is 50.7 Å². The van der Waals surface area contributed by atoms with Gasteiger partial charge >= 0.3 is 0 Å². The third-order valence-corrected chi connectivity index (χ3v) is 6.22. The highest BCUT2D eigenvalue weighted by atomic mass is 16.2. The van der Waals surface area contributed by atoms with E-state index in [4.69, 9.17) is 11.5 Å². The Morgan fingerprint density at radius 3 is 2.18 bits per heavy atom. The number of anilines is 2. The summed E-state index contributed by atoms with van der Waals surface area (Å²) in [5.41, 5.74) is 11.7. The second-order valence-corrected chi connectivity index (χ2v) is 8.51. The molecular formula is C23H26N6O4. The van der Waals surface area contributed by atoms with E-state index in [9.17, 15) is 19.2 Å². The number of nitrogens with zero attached hydrogens (tertiary/aromatic N) is 2. The quantitative estimate of drug-likeness (QED) is 0.517. The summed E-state index contributed by atoms with van der Waals surface area (Å²) in [5, 5.41) is 5.64. The standard InChI is InChI=1S/C23H26N6O4/c1-12(30)27-19-8-13(2-6-18(19)22(25)32)23(33)28-15-9-16-4-5-17(10-15)29(16)20-7-3-14(11-26-20)21(24)31/h2-3,6-8,11,15-17H,4-5,9-10H2,1H3,(H2,24,31)(H2,25,32)(H,27,30)(H,28,33)/t15?,16-,17+. The number of fused-ring (bicyclic) bond motifs is 2. The summed E-state index contributed by atoms with van der Waals surface area (Å²) in [6, 6.07) is 8.36. The first-order chi connectivity index (χ1) is 15.7. The van der Waals surface area contributed by atoms with Gasteiger partial charge in [-0.1, -0.05) is 0 Å². The van der Waals surface area contributed by atoms with Crippen LogP contribution < -0.4 is 27.0 Å². The lowest BCUT2D eigenvalue weighted by atomic mass is 9.96. The van der Waals surface area contributed by atoms with Crippen LogP contribution in [0.1, 0.15) is 63.7 Å². The molecule has 4 rings (SSSR count). The number of carbonyl (C=O) groups excluding carboxylic acids is 4. The molecule has 33 heavy (non-hydrogen) atoms. The lowest BCUT2D eigenvalue weighted by Gasteiger charge is -2.40. The number of hydrogen-bond acceptors (Lipinski definition) is 6. The van der Waals surface area contributed by atoms with Gasteiger partial charge in [0, 0.05) is 36.8 Å². The molecule has 10 heteroatoms. The van der Waals surface area contributed by atoms with Gasteiger partial charge in [-0.25, -0.2) is 4.98 Å². The molecule has 0 spiro atoms. The number of piperidine rings is 1. The number of nitrogens with one attached hydrogen (secondary N) is 2. The number of nitrogens with two attached hydrogens (primary N) is 2.